The minimum absolute atomic E-state index is 0. The lowest BCUT2D eigenvalue weighted by Gasteiger charge is -2.22. The number of rotatable bonds is 3. The number of amides is 1. The van der Waals surface area contributed by atoms with Gasteiger partial charge in [0.05, 0.1) is 6.42 Å². The number of halogens is 1. The quantitative estimate of drug-likeness (QED) is 0.945. The lowest BCUT2D eigenvalue weighted by atomic mass is 10.0. The van der Waals surface area contributed by atoms with Crippen LogP contribution in [0.25, 0.3) is 10.8 Å². The first-order chi connectivity index (χ1) is 10.2. The van der Waals surface area contributed by atoms with Gasteiger partial charge in [0.1, 0.15) is 0 Å². The molecule has 0 radical (unpaired) electrons. The van der Waals surface area contributed by atoms with E-state index in [1.54, 1.807) is 0 Å². The van der Waals surface area contributed by atoms with E-state index in [9.17, 15) is 4.79 Å². The molecule has 1 fully saturated rings. The molecule has 0 spiro atoms. The highest BCUT2D eigenvalue weighted by Crippen LogP contribution is 2.25. The van der Waals surface area contributed by atoms with Crippen LogP contribution < -0.4 is 5.73 Å². The lowest BCUT2D eigenvalue weighted by Crippen LogP contribution is -2.35. The van der Waals surface area contributed by atoms with E-state index in [-0.39, 0.29) is 18.3 Å². The molecule has 2 unspecified atom stereocenters. The molecule has 0 aromatic heterocycles. The van der Waals surface area contributed by atoms with Crippen LogP contribution in [0.3, 0.4) is 0 Å². The smallest absolute Gasteiger partial charge is 0.227 e. The molecule has 1 saturated heterocycles. The number of carbonyl (C=O) groups excluding carboxylic acids is 1. The predicted octanol–water partition coefficient (Wildman–Crippen LogP) is 3.00. The van der Waals surface area contributed by atoms with Crippen molar-refractivity contribution in [2.45, 2.75) is 25.8 Å². The second-order valence-electron chi connectivity index (χ2n) is 6.05. The topological polar surface area (TPSA) is 46.3 Å². The number of nitrogens with zero attached hydrogens (tertiary/aromatic N) is 1. The van der Waals surface area contributed by atoms with Gasteiger partial charge in [-0.15, -0.1) is 12.4 Å². The molecule has 3 rings (SSSR count). The van der Waals surface area contributed by atoms with E-state index in [1.807, 2.05) is 23.1 Å². The lowest BCUT2D eigenvalue weighted by molar-refractivity contribution is -0.131. The van der Waals surface area contributed by atoms with E-state index in [4.69, 9.17) is 5.73 Å². The van der Waals surface area contributed by atoms with Crippen molar-refractivity contribution in [3.05, 3.63) is 48.0 Å². The fourth-order valence-corrected chi connectivity index (χ4v) is 3.37. The zero-order valence-corrected chi connectivity index (χ0v) is 13.7. The summed E-state index contributed by atoms with van der Waals surface area (Å²) in [6.45, 7) is 3.60. The molecule has 1 aliphatic rings. The van der Waals surface area contributed by atoms with Gasteiger partial charge in [-0.1, -0.05) is 42.5 Å². The largest absolute Gasteiger partial charge is 0.339 e. The van der Waals surface area contributed by atoms with Gasteiger partial charge >= 0.3 is 0 Å². The third kappa shape index (κ3) is 3.26. The first-order valence-corrected chi connectivity index (χ1v) is 7.65. The van der Waals surface area contributed by atoms with Gasteiger partial charge in [0.25, 0.3) is 0 Å². The molecule has 118 valence electrons. The summed E-state index contributed by atoms with van der Waals surface area (Å²) in [6, 6.07) is 14.7. The highest BCUT2D eigenvalue weighted by molar-refractivity contribution is 5.90. The van der Waals surface area contributed by atoms with Crippen LogP contribution in [0, 0.1) is 5.92 Å². The number of fused-ring (bicyclic) bond motifs is 1. The first-order valence-electron chi connectivity index (χ1n) is 7.65. The molecule has 2 atom stereocenters. The normalized spacial score (nSPS) is 20.9. The van der Waals surface area contributed by atoms with Crippen LogP contribution in [-0.4, -0.2) is 29.9 Å². The number of benzene rings is 2. The summed E-state index contributed by atoms with van der Waals surface area (Å²) < 4.78 is 0. The van der Waals surface area contributed by atoms with Crippen LogP contribution in [0.4, 0.5) is 0 Å². The van der Waals surface area contributed by atoms with Gasteiger partial charge < -0.3 is 10.6 Å². The SMILES string of the molecule is CC1CC(CN)CN1C(=O)Cc1cccc2ccccc12.Cl. The summed E-state index contributed by atoms with van der Waals surface area (Å²) >= 11 is 0. The number of carbonyl (C=O) groups is 1. The average molecular weight is 319 g/mol. The van der Waals surface area contributed by atoms with Crippen LogP contribution in [0.5, 0.6) is 0 Å². The van der Waals surface area contributed by atoms with Gasteiger partial charge in [-0.3, -0.25) is 4.79 Å². The van der Waals surface area contributed by atoms with Crippen molar-refractivity contribution in [3.63, 3.8) is 0 Å². The van der Waals surface area contributed by atoms with Crippen molar-refractivity contribution in [1.82, 2.24) is 4.90 Å². The van der Waals surface area contributed by atoms with Crippen molar-refractivity contribution >= 4 is 29.1 Å². The van der Waals surface area contributed by atoms with E-state index in [0.29, 0.717) is 24.9 Å². The third-order valence-electron chi connectivity index (χ3n) is 4.54. The third-order valence-corrected chi connectivity index (χ3v) is 4.54. The van der Waals surface area contributed by atoms with Crippen molar-refractivity contribution in [3.8, 4) is 0 Å². The molecule has 0 bridgehead atoms. The summed E-state index contributed by atoms with van der Waals surface area (Å²) in [7, 11) is 0. The molecular formula is C18H23ClN2O. The summed E-state index contributed by atoms with van der Waals surface area (Å²) in [6.07, 6.45) is 1.50. The molecular weight excluding hydrogens is 296 g/mol. The molecule has 1 aliphatic heterocycles. The van der Waals surface area contributed by atoms with E-state index in [1.165, 1.54) is 10.8 Å². The molecule has 2 aromatic rings. The molecule has 1 heterocycles. The summed E-state index contributed by atoms with van der Waals surface area (Å²) in [5.41, 5.74) is 6.86. The summed E-state index contributed by atoms with van der Waals surface area (Å²) in [4.78, 5) is 14.6. The fraction of sp³-hybridized carbons (Fsp3) is 0.389. The summed E-state index contributed by atoms with van der Waals surface area (Å²) in [5, 5.41) is 2.37. The van der Waals surface area contributed by atoms with Gasteiger partial charge in [0.15, 0.2) is 0 Å². The minimum Gasteiger partial charge on any atom is -0.339 e. The number of hydrogen-bond donors (Lipinski definition) is 1. The van der Waals surface area contributed by atoms with Crippen LogP contribution in [0.1, 0.15) is 18.9 Å². The fourth-order valence-electron chi connectivity index (χ4n) is 3.37. The van der Waals surface area contributed by atoms with Crippen molar-refractivity contribution < 1.29 is 4.79 Å². The Hall–Kier alpha value is -1.58. The maximum Gasteiger partial charge on any atom is 0.227 e. The molecule has 0 saturated carbocycles. The minimum atomic E-state index is 0. The molecule has 3 nitrogen and oxygen atoms in total. The van der Waals surface area contributed by atoms with Gasteiger partial charge in [-0.2, -0.15) is 0 Å². The van der Waals surface area contributed by atoms with Crippen molar-refractivity contribution in [1.29, 1.82) is 0 Å². The average Bonchev–Trinajstić information content (AvgIpc) is 2.89. The van der Waals surface area contributed by atoms with Gasteiger partial charge in [-0.05, 0) is 42.1 Å². The maximum atomic E-state index is 12.6. The standard InChI is InChI=1S/C18H22N2O.ClH/c1-13-9-14(11-19)12-20(13)18(21)10-16-7-4-6-15-5-2-3-8-17(15)16;/h2-8,13-14H,9-12,19H2,1H3;1H. The second-order valence-corrected chi connectivity index (χ2v) is 6.05. The van der Waals surface area contributed by atoms with E-state index >= 15 is 0 Å². The van der Waals surface area contributed by atoms with E-state index in [2.05, 4.69) is 31.2 Å². The molecule has 2 aromatic carbocycles. The van der Waals surface area contributed by atoms with Crippen LogP contribution >= 0.6 is 12.4 Å². The number of hydrogen-bond acceptors (Lipinski definition) is 2. The zero-order valence-electron chi connectivity index (χ0n) is 12.9. The Balaban J connectivity index is 0.00000176. The number of likely N-dealkylation sites (tertiary alicyclic amines) is 1. The molecule has 2 N–H and O–H groups in total. The zero-order chi connectivity index (χ0) is 14.8. The van der Waals surface area contributed by atoms with E-state index < -0.39 is 0 Å². The predicted molar refractivity (Wildman–Crippen MR) is 93.2 cm³/mol. The van der Waals surface area contributed by atoms with Gasteiger partial charge in [-0.25, -0.2) is 0 Å². The molecule has 0 aliphatic carbocycles. The van der Waals surface area contributed by atoms with Crippen molar-refractivity contribution in [2.24, 2.45) is 11.7 Å². The molecule has 22 heavy (non-hydrogen) atoms. The number of nitrogens with two attached hydrogens (primary N) is 1. The molecule has 4 heteroatoms. The summed E-state index contributed by atoms with van der Waals surface area (Å²) in [5.74, 6) is 0.672. The van der Waals surface area contributed by atoms with Gasteiger partial charge in [0.2, 0.25) is 5.91 Å². The van der Waals surface area contributed by atoms with Crippen LogP contribution in [0.15, 0.2) is 42.5 Å². The molecule has 1 amide bonds. The Kier molecular flexibility index (Phi) is 5.43. The van der Waals surface area contributed by atoms with Crippen LogP contribution in [0.2, 0.25) is 0 Å². The Bertz CT molecular complexity index is 653. The van der Waals surface area contributed by atoms with Crippen molar-refractivity contribution in [2.75, 3.05) is 13.1 Å². The Labute approximate surface area is 137 Å². The first kappa shape index (κ1) is 16.8. The Morgan fingerprint density at radius 3 is 2.68 bits per heavy atom. The Morgan fingerprint density at radius 2 is 1.95 bits per heavy atom. The maximum absolute atomic E-state index is 12.6. The highest BCUT2D eigenvalue weighted by Gasteiger charge is 2.31. The highest BCUT2D eigenvalue weighted by atomic mass is 35.5. The Morgan fingerprint density at radius 1 is 1.23 bits per heavy atom. The van der Waals surface area contributed by atoms with E-state index in [0.717, 1.165) is 18.5 Å². The second kappa shape index (κ2) is 7.12. The monoisotopic (exact) mass is 318 g/mol. The van der Waals surface area contributed by atoms with Crippen LogP contribution in [-0.2, 0) is 11.2 Å². The van der Waals surface area contributed by atoms with Gasteiger partial charge in [0, 0.05) is 12.6 Å².